The quantitative estimate of drug-likeness (QED) is 0.850. The van der Waals surface area contributed by atoms with Gasteiger partial charge in [-0.15, -0.1) is 0 Å². The monoisotopic (exact) mass is 367 g/mol. The standard InChI is InChI=1S/C20H21N3O4/c1-13(24)21-15-7-9-16(10-8-15)22-20(26)14-11-19(25)23(12-14)17-5-3-4-6-18(17)27-2/h3-10,14H,11-12H2,1-2H3,(H,21,24)(H,22,26)/t14-/m1/s1. The van der Waals surface area contributed by atoms with Gasteiger partial charge < -0.3 is 20.3 Å². The van der Waals surface area contributed by atoms with Gasteiger partial charge in [-0.2, -0.15) is 0 Å². The van der Waals surface area contributed by atoms with Crippen LogP contribution in [0.4, 0.5) is 17.1 Å². The Kier molecular flexibility index (Phi) is 5.40. The Labute approximate surface area is 157 Å². The molecule has 7 heteroatoms. The largest absolute Gasteiger partial charge is 0.495 e. The van der Waals surface area contributed by atoms with Crippen LogP contribution >= 0.6 is 0 Å². The van der Waals surface area contributed by atoms with E-state index in [9.17, 15) is 14.4 Å². The molecule has 1 aliphatic rings. The first kappa shape index (κ1) is 18.4. The summed E-state index contributed by atoms with van der Waals surface area (Å²) in [6.45, 7) is 1.73. The van der Waals surface area contributed by atoms with Crippen molar-refractivity contribution in [2.45, 2.75) is 13.3 Å². The molecule has 1 saturated heterocycles. The van der Waals surface area contributed by atoms with E-state index < -0.39 is 5.92 Å². The van der Waals surface area contributed by atoms with Gasteiger partial charge in [0.25, 0.3) is 0 Å². The summed E-state index contributed by atoms with van der Waals surface area (Å²) in [6, 6.07) is 14.1. The highest BCUT2D eigenvalue weighted by Gasteiger charge is 2.36. The molecule has 2 aromatic rings. The molecule has 0 aromatic heterocycles. The number of benzene rings is 2. The van der Waals surface area contributed by atoms with Gasteiger partial charge in [-0.25, -0.2) is 0 Å². The molecule has 140 valence electrons. The summed E-state index contributed by atoms with van der Waals surface area (Å²) in [5, 5.41) is 5.49. The average molecular weight is 367 g/mol. The molecule has 0 radical (unpaired) electrons. The van der Waals surface area contributed by atoms with Crippen LogP contribution in [0.3, 0.4) is 0 Å². The first-order valence-corrected chi connectivity index (χ1v) is 8.60. The first-order chi connectivity index (χ1) is 13.0. The molecule has 1 heterocycles. The van der Waals surface area contributed by atoms with E-state index in [4.69, 9.17) is 4.74 Å². The number of amides is 3. The van der Waals surface area contributed by atoms with Crippen molar-refractivity contribution >= 4 is 34.8 Å². The highest BCUT2D eigenvalue weighted by atomic mass is 16.5. The molecular formula is C20H21N3O4. The zero-order valence-electron chi connectivity index (χ0n) is 15.2. The molecule has 3 rings (SSSR count). The Morgan fingerprint density at radius 1 is 1.04 bits per heavy atom. The lowest BCUT2D eigenvalue weighted by molar-refractivity contribution is -0.122. The fourth-order valence-electron chi connectivity index (χ4n) is 3.05. The molecule has 27 heavy (non-hydrogen) atoms. The van der Waals surface area contributed by atoms with Gasteiger partial charge in [-0.05, 0) is 36.4 Å². The second-order valence-electron chi connectivity index (χ2n) is 6.33. The minimum absolute atomic E-state index is 0.111. The third-order valence-electron chi connectivity index (χ3n) is 4.34. The molecule has 2 aromatic carbocycles. The third-order valence-corrected chi connectivity index (χ3v) is 4.34. The van der Waals surface area contributed by atoms with Gasteiger partial charge in [0.15, 0.2) is 0 Å². The SMILES string of the molecule is COc1ccccc1N1C[C@H](C(=O)Nc2ccc(NC(C)=O)cc2)CC1=O. The van der Waals surface area contributed by atoms with Crippen LogP contribution in [0.1, 0.15) is 13.3 Å². The van der Waals surface area contributed by atoms with Crippen molar-refractivity contribution < 1.29 is 19.1 Å². The molecular weight excluding hydrogens is 346 g/mol. The van der Waals surface area contributed by atoms with Gasteiger partial charge in [0.2, 0.25) is 17.7 Å². The number of carbonyl (C=O) groups excluding carboxylic acids is 3. The third kappa shape index (κ3) is 4.25. The summed E-state index contributed by atoms with van der Waals surface area (Å²) in [4.78, 5) is 37.6. The molecule has 7 nitrogen and oxygen atoms in total. The van der Waals surface area contributed by atoms with Gasteiger partial charge in [-0.1, -0.05) is 12.1 Å². The maximum Gasteiger partial charge on any atom is 0.229 e. The molecule has 0 saturated carbocycles. The van der Waals surface area contributed by atoms with E-state index in [0.717, 1.165) is 0 Å². The number of hydrogen-bond acceptors (Lipinski definition) is 4. The fraction of sp³-hybridized carbons (Fsp3) is 0.250. The zero-order valence-corrected chi connectivity index (χ0v) is 15.2. The van der Waals surface area contributed by atoms with Crippen molar-refractivity contribution in [3.05, 3.63) is 48.5 Å². The maximum atomic E-state index is 12.6. The van der Waals surface area contributed by atoms with E-state index in [1.165, 1.54) is 6.92 Å². The number of rotatable bonds is 5. The van der Waals surface area contributed by atoms with Crippen molar-refractivity contribution in [3.63, 3.8) is 0 Å². The molecule has 0 spiro atoms. The molecule has 0 aliphatic carbocycles. The number of para-hydroxylation sites is 2. The molecule has 1 fully saturated rings. The first-order valence-electron chi connectivity index (χ1n) is 8.60. The molecule has 1 aliphatic heterocycles. The number of hydrogen-bond donors (Lipinski definition) is 2. The van der Waals surface area contributed by atoms with Crippen LogP contribution in [-0.4, -0.2) is 31.4 Å². The number of nitrogens with one attached hydrogen (secondary N) is 2. The minimum Gasteiger partial charge on any atom is -0.495 e. The Balaban J connectivity index is 1.66. The molecule has 0 bridgehead atoms. The van der Waals surface area contributed by atoms with Crippen molar-refractivity contribution in [2.75, 3.05) is 29.2 Å². The van der Waals surface area contributed by atoms with Crippen LogP contribution in [0.2, 0.25) is 0 Å². The van der Waals surface area contributed by atoms with Crippen LogP contribution < -0.4 is 20.3 Å². The highest BCUT2D eigenvalue weighted by molar-refractivity contribution is 6.04. The van der Waals surface area contributed by atoms with Crippen molar-refractivity contribution in [3.8, 4) is 5.75 Å². The van der Waals surface area contributed by atoms with E-state index in [1.54, 1.807) is 48.4 Å². The predicted molar refractivity (Wildman–Crippen MR) is 103 cm³/mol. The van der Waals surface area contributed by atoms with E-state index in [2.05, 4.69) is 10.6 Å². The zero-order chi connectivity index (χ0) is 19.4. The van der Waals surface area contributed by atoms with Gasteiger partial charge in [-0.3, -0.25) is 14.4 Å². The second kappa shape index (κ2) is 7.90. The van der Waals surface area contributed by atoms with Gasteiger partial charge in [0.1, 0.15) is 5.75 Å². The Hall–Kier alpha value is -3.35. The van der Waals surface area contributed by atoms with Crippen LogP contribution in [0.25, 0.3) is 0 Å². The summed E-state index contributed by atoms with van der Waals surface area (Å²) < 4.78 is 5.31. The minimum atomic E-state index is -0.447. The maximum absolute atomic E-state index is 12.6. The number of ether oxygens (including phenoxy) is 1. The number of anilines is 3. The molecule has 3 amide bonds. The van der Waals surface area contributed by atoms with Crippen LogP contribution in [0, 0.1) is 5.92 Å². The fourth-order valence-corrected chi connectivity index (χ4v) is 3.05. The van der Waals surface area contributed by atoms with Crippen LogP contribution in [-0.2, 0) is 14.4 Å². The lowest BCUT2D eigenvalue weighted by Gasteiger charge is -2.19. The summed E-state index contributed by atoms with van der Waals surface area (Å²) in [6.07, 6.45) is 0.147. The van der Waals surface area contributed by atoms with Gasteiger partial charge in [0.05, 0.1) is 18.7 Å². The topological polar surface area (TPSA) is 87.7 Å². The second-order valence-corrected chi connectivity index (χ2v) is 6.33. The highest BCUT2D eigenvalue weighted by Crippen LogP contribution is 2.33. The average Bonchev–Trinajstić information content (AvgIpc) is 3.04. The molecule has 2 N–H and O–H groups in total. The summed E-state index contributed by atoms with van der Waals surface area (Å²) in [7, 11) is 1.55. The normalized spacial score (nSPS) is 16.1. The Morgan fingerprint density at radius 2 is 1.67 bits per heavy atom. The molecule has 0 unspecified atom stereocenters. The summed E-state index contributed by atoms with van der Waals surface area (Å²) in [5.41, 5.74) is 1.93. The van der Waals surface area contributed by atoms with Crippen LogP contribution in [0.5, 0.6) is 5.75 Å². The van der Waals surface area contributed by atoms with Gasteiger partial charge in [0, 0.05) is 31.3 Å². The lowest BCUT2D eigenvalue weighted by atomic mass is 10.1. The van der Waals surface area contributed by atoms with E-state index in [-0.39, 0.29) is 24.1 Å². The number of carbonyl (C=O) groups is 3. The van der Waals surface area contributed by atoms with Crippen molar-refractivity contribution in [1.29, 1.82) is 0 Å². The predicted octanol–water partition coefficient (Wildman–Crippen LogP) is 2.65. The smallest absolute Gasteiger partial charge is 0.229 e. The van der Waals surface area contributed by atoms with E-state index in [0.29, 0.717) is 29.4 Å². The summed E-state index contributed by atoms with van der Waals surface area (Å²) in [5.74, 6) is -0.334. The Morgan fingerprint density at radius 3 is 2.30 bits per heavy atom. The van der Waals surface area contributed by atoms with E-state index in [1.807, 2.05) is 12.1 Å². The van der Waals surface area contributed by atoms with Crippen molar-refractivity contribution in [2.24, 2.45) is 5.92 Å². The van der Waals surface area contributed by atoms with Gasteiger partial charge >= 0.3 is 0 Å². The van der Waals surface area contributed by atoms with E-state index >= 15 is 0 Å². The van der Waals surface area contributed by atoms with Crippen molar-refractivity contribution in [1.82, 2.24) is 0 Å². The number of nitrogens with zero attached hydrogens (tertiary/aromatic N) is 1. The Bertz CT molecular complexity index is 864. The lowest BCUT2D eigenvalue weighted by Crippen LogP contribution is -2.28. The molecule has 1 atom stereocenters. The number of methoxy groups -OCH3 is 1. The summed E-state index contributed by atoms with van der Waals surface area (Å²) >= 11 is 0. The van der Waals surface area contributed by atoms with Crippen LogP contribution in [0.15, 0.2) is 48.5 Å².